The Hall–Kier alpha value is -0.0800. The maximum Gasteiger partial charge on any atom is 0.0244 e. The summed E-state index contributed by atoms with van der Waals surface area (Å²) < 4.78 is 0. The summed E-state index contributed by atoms with van der Waals surface area (Å²) in [5.41, 5.74) is 6.20. The Labute approximate surface area is 89.9 Å². The summed E-state index contributed by atoms with van der Waals surface area (Å²) in [5.74, 6) is 0. The second-order valence-corrected chi connectivity index (χ2v) is 4.06. The highest BCUT2D eigenvalue weighted by atomic mass is 15.2. The van der Waals surface area contributed by atoms with Gasteiger partial charge in [-0.25, -0.2) is 0 Å². The molecular formula is C12H28N2. The van der Waals surface area contributed by atoms with Gasteiger partial charge >= 0.3 is 0 Å². The molecule has 0 aliphatic heterocycles. The molecule has 2 unspecified atom stereocenters. The van der Waals surface area contributed by atoms with Crippen molar-refractivity contribution in [2.75, 3.05) is 13.1 Å². The lowest BCUT2D eigenvalue weighted by molar-refractivity contribution is 0.169. The van der Waals surface area contributed by atoms with Crippen molar-refractivity contribution in [2.24, 2.45) is 5.73 Å². The first-order valence-corrected chi connectivity index (χ1v) is 6.20. The van der Waals surface area contributed by atoms with E-state index >= 15 is 0 Å². The van der Waals surface area contributed by atoms with Gasteiger partial charge in [0.1, 0.15) is 0 Å². The summed E-state index contributed by atoms with van der Waals surface area (Å²) in [6.07, 6.45) is 4.75. The van der Waals surface area contributed by atoms with E-state index < -0.39 is 0 Å². The third-order valence-electron chi connectivity index (χ3n) is 2.92. The minimum absolute atomic E-state index is 0.358. The Morgan fingerprint density at radius 3 is 2.07 bits per heavy atom. The third-order valence-corrected chi connectivity index (χ3v) is 2.92. The quantitative estimate of drug-likeness (QED) is 0.652. The van der Waals surface area contributed by atoms with E-state index in [0.717, 1.165) is 13.0 Å². The van der Waals surface area contributed by atoms with Crippen LogP contribution in [0.4, 0.5) is 0 Å². The number of hydrogen-bond donors (Lipinski definition) is 1. The zero-order valence-corrected chi connectivity index (χ0v) is 10.4. The van der Waals surface area contributed by atoms with E-state index in [1.54, 1.807) is 0 Å². The van der Waals surface area contributed by atoms with Crippen LogP contribution >= 0.6 is 0 Å². The summed E-state index contributed by atoms with van der Waals surface area (Å²) >= 11 is 0. The average Bonchev–Trinajstić information content (AvgIpc) is 2.18. The molecule has 0 radical (unpaired) electrons. The van der Waals surface area contributed by atoms with Gasteiger partial charge in [-0.15, -0.1) is 0 Å². The molecule has 0 aromatic carbocycles. The summed E-state index contributed by atoms with van der Waals surface area (Å²) in [6.45, 7) is 11.2. The smallest absolute Gasteiger partial charge is 0.0244 e. The fraction of sp³-hybridized carbons (Fsp3) is 1.00. The van der Waals surface area contributed by atoms with E-state index in [1.165, 1.54) is 25.8 Å². The Balaban J connectivity index is 4.18. The van der Waals surface area contributed by atoms with E-state index in [0.29, 0.717) is 12.1 Å². The highest BCUT2D eigenvalue weighted by Gasteiger charge is 2.20. The Bertz CT molecular complexity index is 125. The maximum atomic E-state index is 6.20. The van der Waals surface area contributed by atoms with Crippen LogP contribution in [0.5, 0.6) is 0 Å². The normalized spacial score (nSPS) is 15.9. The van der Waals surface area contributed by atoms with Crippen molar-refractivity contribution in [3.8, 4) is 0 Å². The van der Waals surface area contributed by atoms with Crippen molar-refractivity contribution in [3.05, 3.63) is 0 Å². The standard InChI is InChI=1S/C12H28N2/c1-5-9-11(13)12(7-3)14(8-4)10-6-2/h11-12H,5-10,13H2,1-4H3. The Kier molecular flexibility index (Phi) is 8.20. The SMILES string of the molecule is CCCC(N)C(CC)N(CC)CCC. The molecule has 0 aromatic heterocycles. The minimum atomic E-state index is 0.358. The van der Waals surface area contributed by atoms with Crippen LogP contribution < -0.4 is 5.73 Å². The van der Waals surface area contributed by atoms with Crippen molar-refractivity contribution in [2.45, 2.75) is 65.5 Å². The fourth-order valence-electron chi connectivity index (χ4n) is 2.20. The van der Waals surface area contributed by atoms with Crippen molar-refractivity contribution in [3.63, 3.8) is 0 Å². The number of nitrogens with zero attached hydrogens (tertiary/aromatic N) is 1. The summed E-state index contributed by atoms with van der Waals surface area (Å²) in [5, 5.41) is 0. The van der Waals surface area contributed by atoms with Gasteiger partial charge in [-0.3, -0.25) is 4.90 Å². The molecule has 0 aromatic rings. The van der Waals surface area contributed by atoms with Crippen LogP contribution in [0, 0.1) is 0 Å². The molecule has 0 fully saturated rings. The number of nitrogens with two attached hydrogens (primary N) is 1. The van der Waals surface area contributed by atoms with E-state index in [-0.39, 0.29) is 0 Å². The van der Waals surface area contributed by atoms with Crippen LogP contribution in [0.1, 0.15) is 53.4 Å². The van der Waals surface area contributed by atoms with Crippen LogP contribution in [-0.4, -0.2) is 30.1 Å². The predicted molar refractivity (Wildman–Crippen MR) is 64.5 cm³/mol. The number of likely N-dealkylation sites (N-methyl/N-ethyl adjacent to an activating group) is 1. The predicted octanol–water partition coefficient (Wildman–Crippen LogP) is 2.62. The van der Waals surface area contributed by atoms with Gasteiger partial charge in [-0.1, -0.05) is 34.1 Å². The zero-order chi connectivity index (χ0) is 11.0. The van der Waals surface area contributed by atoms with Crippen LogP contribution in [0.25, 0.3) is 0 Å². The largest absolute Gasteiger partial charge is 0.326 e. The molecule has 0 saturated heterocycles. The highest BCUT2D eigenvalue weighted by Crippen LogP contribution is 2.12. The molecular weight excluding hydrogens is 172 g/mol. The van der Waals surface area contributed by atoms with Crippen LogP contribution in [0.2, 0.25) is 0 Å². The fourth-order valence-corrected chi connectivity index (χ4v) is 2.20. The molecule has 2 heteroatoms. The molecule has 0 heterocycles. The first kappa shape index (κ1) is 13.9. The Morgan fingerprint density at radius 1 is 1.07 bits per heavy atom. The second-order valence-electron chi connectivity index (χ2n) is 4.06. The maximum absolute atomic E-state index is 6.20. The van der Waals surface area contributed by atoms with Crippen LogP contribution in [0.3, 0.4) is 0 Å². The molecule has 0 aliphatic rings. The molecule has 0 saturated carbocycles. The molecule has 0 amide bonds. The van der Waals surface area contributed by atoms with E-state index in [9.17, 15) is 0 Å². The van der Waals surface area contributed by atoms with Gasteiger partial charge < -0.3 is 5.73 Å². The van der Waals surface area contributed by atoms with E-state index in [4.69, 9.17) is 5.73 Å². The van der Waals surface area contributed by atoms with E-state index in [2.05, 4.69) is 32.6 Å². The monoisotopic (exact) mass is 200 g/mol. The molecule has 2 atom stereocenters. The zero-order valence-electron chi connectivity index (χ0n) is 10.4. The van der Waals surface area contributed by atoms with Crippen molar-refractivity contribution >= 4 is 0 Å². The Morgan fingerprint density at radius 2 is 1.71 bits per heavy atom. The van der Waals surface area contributed by atoms with Crippen LogP contribution in [-0.2, 0) is 0 Å². The van der Waals surface area contributed by atoms with Crippen molar-refractivity contribution in [1.82, 2.24) is 4.90 Å². The van der Waals surface area contributed by atoms with Gasteiger partial charge in [-0.2, -0.15) is 0 Å². The average molecular weight is 200 g/mol. The molecule has 2 nitrogen and oxygen atoms in total. The molecule has 86 valence electrons. The topological polar surface area (TPSA) is 29.3 Å². The summed E-state index contributed by atoms with van der Waals surface area (Å²) in [6, 6.07) is 0.941. The lowest BCUT2D eigenvalue weighted by Gasteiger charge is -2.34. The van der Waals surface area contributed by atoms with Gasteiger partial charge in [0, 0.05) is 12.1 Å². The van der Waals surface area contributed by atoms with Gasteiger partial charge in [-0.05, 0) is 32.4 Å². The van der Waals surface area contributed by atoms with Gasteiger partial charge in [0.25, 0.3) is 0 Å². The summed E-state index contributed by atoms with van der Waals surface area (Å²) in [7, 11) is 0. The van der Waals surface area contributed by atoms with Crippen molar-refractivity contribution < 1.29 is 0 Å². The van der Waals surface area contributed by atoms with Gasteiger partial charge in [0.2, 0.25) is 0 Å². The second kappa shape index (κ2) is 8.25. The molecule has 0 rings (SSSR count). The van der Waals surface area contributed by atoms with Crippen molar-refractivity contribution in [1.29, 1.82) is 0 Å². The van der Waals surface area contributed by atoms with Crippen LogP contribution in [0.15, 0.2) is 0 Å². The number of hydrogen-bond acceptors (Lipinski definition) is 2. The number of rotatable bonds is 8. The van der Waals surface area contributed by atoms with E-state index in [1.807, 2.05) is 0 Å². The molecule has 0 aliphatic carbocycles. The molecule has 0 spiro atoms. The molecule has 0 bridgehead atoms. The lowest BCUT2D eigenvalue weighted by Crippen LogP contribution is -2.47. The first-order valence-electron chi connectivity index (χ1n) is 6.20. The lowest BCUT2D eigenvalue weighted by atomic mass is 10.00. The molecule has 14 heavy (non-hydrogen) atoms. The van der Waals surface area contributed by atoms with Gasteiger partial charge in [0.15, 0.2) is 0 Å². The third kappa shape index (κ3) is 4.43. The highest BCUT2D eigenvalue weighted by molar-refractivity contribution is 4.80. The minimum Gasteiger partial charge on any atom is -0.326 e. The molecule has 2 N–H and O–H groups in total. The summed E-state index contributed by atoms with van der Waals surface area (Å²) in [4.78, 5) is 2.53. The first-order chi connectivity index (χ1) is 6.71. The van der Waals surface area contributed by atoms with Gasteiger partial charge in [0.05, 0.1) is 0 Å².